The Labute approximate surface area is 182 Å². The van der Waals surface area contributed by atoms with Gasteiger partial charge in [-0.25, -0.2) is 4.39 Å². The summed E-state index contributed by atoms with van der Waals surface area (Å²) in [6.45, 7) is 2.87. The lowest BCUT2D eigenvalue weighted by Gasteiger charge is -2.10. The maximum Gasteiger partial charge on any atom is 0.230 e. The third-order valence-electron chi connectivity index (χ3n) is 4.61. The van der Waals surface area contributed by atoms with Gasteiger partial charge in [0, 0.05) is 23.6 Å². The zero-order valence-corrected chi connectivity index (χ0v) is 17.7. The fraction of sp³-hybridized carbons (Fsp3) is 0.238. The number of fused-ring (bicyclic) bond motifs is 1. The number of amides is 1. The zero-order valence-electron chi connectivity index (χ0n) is 16.8. The van der Waals surface area contributed by atoms with Gasteiger partial charge < -0.3 is 15.0 Å². The second kappa shape index (κ2) is 9.61. The summed E-state index contributed by atoms with van der Waals surface area (Å²) in [5.74, 6) is 0.416. The first-order valence-electron chi connectivity index (χ1n) is 9.81. The monoisotopic (exact) mass is 440 g/mol. The highest BCUT2D eigenvalue weighted by Crippen LogP contribution is 2.26. The van der Waals surface area contributed by atoms with E-state index in [4.69, 9.17) is 4.74 Å². The van der Waals surface area contributed by atoms with Gasteiger partial charge in [-0.05, 0) is 59.7 Å². The summed E-state index contributed by atoms with van der Waals surface area (Å²) >= 11 is 1.24. The molecule has 1 amide bonds. The number of rotatable bonds is 9. The van der Waals surface area contributed by atoms with Crippen LogP contribution in [0.25, 0.3) is 16.6 Å². The lowest BCUT2D eigenvalue weighted by Crippen LogP contribution is -2.27. The number of carbonyl (C=O) groups is 1. The maximum atomic E-state index is 13.5. The first-order valence-corrected chi connectivity index (χ1v) is 10.8. The molecule has 4 rings (SSSR count). The second-order valence-electron chi connectivity index (χ2n) is 6.67. The number of nitrogens with zero attached hydrogens (tertiary/aromatic N) is 4. The van der Waals surface area contributed by atoms with Crippen molar-refractivity contribution in [3.63, 3.8) is 0 Å². The predicted octanol–water partition coefficient (Wildman–Crippen LogP) is 3.13. The normalized spacial score (nSPS) is 11.0. The van der Waals surface area contributed by atoms with Crippen molar-refractivity contribution in [2.75, 3.05) is 18.9 Å². The molecule has 2 aromatic carbocycles. The minimum absolute atomic E-state index is 0.135. The summed E-state index contributed by atoms with van der Waals surface area (Å²) in [5.41, 5.74) is 2.54. The molecular formula is C21H21FN6O2S. The van der Waals surface area contributed by atoms with E-state index in [9.17, 15) is 9.18 Å². The van der Waals surface area contributed by atoms with Crippen molar-refractivity contribution < 1.29 is 13.9 Å². The Morgan fingerprint density at radius 3 is 3.03 bits per heavy atom. The number of H-pyrrole nitrogens is 1. The van der Waals surface area contributed by atoms with Gasteiger partial charge in [0.25, 0.3) is 0 Å². The molecular weight excluding hydrogens is 419 g/mol. The quantitative estimate of drug-likeness (QED) is 0.388. The van der Waals surface area contributed by atoms with Gasteiger partial charge in [0.2, 0.25) is 11.1 Å². The molecule has 2 N–H and O–H groups in total. The molecule has 0 atom stereocenters. The summed E-state index contributed by atoms with van der Waals surface area (Å²) < 4.78 is 20.7. The number of aromatic nitrogens is 5. The number of hydrogen-bond donors (Lipinski definition) is 2. The van der Waals surface area contributed by atoms with Gasteiger partial charge >= 0.3 is 0 Å². The molecule has 160 valence electrons. The lowest BCUT2D eigenvalue weighted by atomic mass is 10.1. The van der Waals surface area contributed by atoms with E-state index in [-0.39, 0.29) is 17.5 Å². The van der Waals surface area contributed by atoms with Crippen molar-refractivity contribution in [3.8, 4) is 11.4 Å². The van der Waals surface area contributed by atoms with E-state index in [0.29, 0.717) is 36.2 Å². The third-order valence-corrected chi connectivity index (χ3v) is 5.53. The fourth-order valence-corrected chi connectivity index (χ4v) is 3.92. The van der Waals surface area contributed by atoms with Crippen molar-refractivity contribution in [1.82, 2.24) is 30.5 Å². The molecule has 31 heavy (non-hydrogen) atoms. The first kappa shape index (κ1) is 20.9. The Morgan fingerprint density at radius 2 is 2.16 bits per heavy atom. The minimum Gasteiger partial charge on any atom is -0.492 e. The third kappa shape index (κ3) is 4.85. The summed E-state index contributed by atoms with van der Waals surface area (Å²) in [7, 11) is 0. The van der Waals surface area contributed by atoms with E-state index in [1.165, 1.54) is 23.9 Å². The van der Waals surface area contributed by atoms with E-state index < -0.39 is 0 Å². The summed E-state index contributed by atoms with van der Waals surface area (Å²) in [6.07, 6.45) is 2.44. The molecule has 2 aromatic heterocycles. The van der Waals surface area contributed by atoms with Crippen LogP contribution in [0.2, 0.25) is 0 Å². The van der Waals surface area contributed by atoms with E-state index in [1.807, 2.05) is 37.4 Å². The van der Waals surface area contributed by atoms with E-state index in [0.717, 1.165) is 16.5 Å². The Hall–Kier alpha value is -3.40. The molecule has 0 saturated heterocycles. The predicted molar refractivity (Wildman–Crippen MR) is 116 cm³/mol. The zero-order chi connectivity index (χ0) is 21.6. The average molecular weight is 441 g/mol. The largest absolute Gasteiger partial charge is 0.492 e. The number of hydrogen-bond acceptors (Lipinski definition) is 6. The topological polar surface area (TPSA) is 97.7 Å². The number of thioether (sulfide) groups is 1. The van der Waals surface area contributed by atoms with Gasteiger partial charge in [0.05, 0.1) is 12.4 Å². The van der Waals surface area contributed by atoms with Crippen LogP contribution in [0.1, 0.15) is 12.5 Å². The van der Waals surface area contributed by atoms with Crippen molar-refractivity contribution in [2.45, 2.75) is 18.5 Å². The fourth-order valence-electron chi connectivity index (χ4n) is 3.20. The highest BCUT2D eigenvalue weighted by molar-refractivity contribution is 7.99. The second-order valence-corrected chi connectivity index (χ2v) is 7.61. The van der Waals surface area contributed by atoms with Crippen LogP contribution in [0.5, 0.6) is 5.75 Å². The Bertz CT molecular complexity index is 1190. The molecule has 4 aromatic rings. The van der Waals surface area contributed by atoms with Crippen molar-refractivity contribution in [2.24, 2.45) is 0 Å². The molecule has 0 spiro atoms. The minimum atomic E-state index is -0.280. The standard InChI is InChI=1S/C21H21FN6O2S/c1-2-30-19-6-4-3-5-18(19)28-21(25-26-27-28)31-13-20(29)23-10-9-14-12-24-17-8-7-15(22)11-16(14)17/h3-8,11-12,24H,2,9-10,13H2,1H3,(H,23,29). The SMILES string of the molecule is CCOc1ccccc1-n1nnnc1SCC(=O)NCCc1c[nH]c2ccc(F)cc12. The average Bonchev–Trinajstić information content (AvgIpc) is 3.40. The molecule has 0 fully saturated rings. The highest BCUT2D eigenvalue weighted by Gasteiger charge is 2.15. The van der Waals surface area contributed by atoms with Gasteiger partial charge in [-0.1, -0.05) is 23.9 Å². The van der Waals surface area contributed by atoms with Crippen LogP contribution in [0, 0.1) is 5.82 Å². The van der Waals surface area contributed by atoms with Crippen LogP contribution in [0.15, 0.2) is 53.8 Å². The number of para-hydroxylation sites is 2. The van der Waals surface area contributed by atoms with Crippen LogP contribution < -0.4 is 10.1 Å². The number of halogens is 1. The first-order chi connectivity index (χ1) is 15.2. The summed E-state index contributed by atoms with van der Waals surface area (Å²) in [6, 6.07) is 12.1. The number of nitrogens with one attached hydrogen (secondary N) is 2. The van der Waals surface area contributed by atoms with E-state index in [2.05, 4.69) is 25.8 Å². The Balaban J connectivity index is 1.33. The van der Waals surface area contributed by atoms with Crippen LogP contribution in [-0.4, -0.2) is 50.0 Å². The van der Waals surface area contributed by atoms with Gasteiger partial charge in [-0.3, -0.25) is 4.79 Å². The van der Waals surface area contributed by atoms with Crippen LogP contribution in [0.4, 0.5) is 4.39 Å². The van der Waals surface area contributed by atoms with Crippen molar-refractivity contribution >= 4 is 28.6 Å². The van der Waals surface area contributed by atoms with Crippen LogP contribution in [-0.2, 0) is 11.2 Å². The van der Waals surface area contributed by atoms with Crippen molar-refractivity contribution in [1.29, 1.82) is 0 Å². The van der Waals surface area contributed by atoms with Gasteiger partial charge in [0.1, 0.15) is 17.3 Å². The van der Waals surface area contributed by atoms with Gasteiger partial charge in [-0.2, -0.15) is 4.68 Å². The molecule has 0 saturated carbocycles. The van der Waals surface area contributed by atoms with Crippen molar-refractivity contribution in [3.05, 3.63) is 60.0 Å². The number of aromatic amines is 1. The molecule has 2 heterocycles. The van der Waals surface area contributed by atoms with Gasteiger partial charge in [-0.15, -0.1) is 5.10 Å². The molecule has 0 aliphatic rings. The summed E-state index contributed by atoms with van der Waals surface area (Å²) in [5, 5.41) is 16.0. The molecule has 0 unspecified atom stereocenters. The molecule has 10 heteroatoms. The summed E-state index contributed by atoms with van der Waals surface area (Å²) in [4.78, 5) is 15.4. The smallest absolute Gasteiger partial charge is 0.230 e. The lowest BCUT2D eigenvalue weighted by molar-refractivity contribution is -0.118. The molecule has 0 radical (unpaired) electrons. The number of carbonyl (C=O) groups excluding carboxylic acids is 1. The number of ether oxygens (including phenoxy) is 1. The molecule has 0 bridgehead atoms. The van der Waals surface area contributed by atoms with Crippen LogP contribution >= 0.6 is 11.8 Å². The van der Waals surface area contributed by atoms with E-state index in [1.54, 1.807) is 10.7 Å². The number of benzene rings is 2. The molecule has 0 aliphatic carbocycles. The Morgan fingerprint density at radius 1 is 1.29 bits per heavy atom. The van der Waals surface area contributed by atoms with Crippen LogP contribution in [0.3, 0.4) is 0 Å². The highest BCUT2D eigenvalue weighted by atomic mass is 32.2. The molecule has 0 aliphatic heterocycles. The molecule has 8 nitrogen and oxygen atoms in total. The number of tetrazole rings is 1. The van der Waals surface area contributed by atoms with E-state index >= 15 is 0 Å². The Kier molecular flexibility index (Phi) is 6.46. The maximum absolute atomic E-state index is 13.5. The van der Waals surface area contributed by atoms with Gasteiger partial charge in [0.15, 0.2) is 0 Å².